The van der Waals surface area contributed by atoms with Crippen LogP contribution in [0.4, 0.5) is 0 Å². The van der Waals surface area contributed by atoms with Crippen molar-refractivity contribution in [3.63, 3.8) is 0 Å². The number of aryl methyl sites for hydroxylation is 1. The summed E-state index contributed by atoms with van der Waals surface area (Å²) in [6.07, 6.45) is 3.91. The van der Waals surface area contributed by atoms with Gasteiger partial charge < -0.3 is 10.6 Å². The van der Waals surface area contributed by atoms with Gasteiger partial charge in [-0.3, -0.25) is 9.67 Å². The fourth-order valence-electron chi connectivity index (χ4n) is 2.02. The largest absolute Gasteiger partial charge is 0.356 e. The quantitative estimate of drug-likeness (QED) is 0.635. The first-order valence-electron chi connectivity index (χ1n) is 7.16. The fraction of sp³-hybridized carbons (Fsp3) is 0.467. The first-order chi connectivity index (χ1) is 10.2. The molecular formula is C15H23N5S. The van der Waals surface area contributed by atoms with Crippen molar-refractivity contribution in [2.45, 2.75) is 26.3 Å². The van der Waals surface area contributed by atoms with Crippen molar-refractivity contribution in [1.29, 1.82) is 0 Å². The van der Waals surface area contributed by atoms with Crippen LogP contribution < -0.4 is 10.6 Å². The van der Waals surface area contributed by atoms with Crippen molar-refractivity contribution in [3.8, 4) is 0 Å². The molecule has 2 rings (SSSR count). The van der Waals surface area contributed by atoms with Crippen molar-refractivity contribution in [1.82, 2.24) is 20.4 Å². The maximum Gasteiger partial charge on any atom is 0.191 e. The molecule has 2 aromatic rings. The fourth-order valence-corrected chi connectivity index (χ4v) is 2.81. The second-order valence-corrected chi connectivity index (χ2v) is 6.06. The molecular weight excluding hydrogens is 282 g/mol. The van der Waals surface area contributed by atoms with Crippen LogP contribution >= 0.6 is 11.3 Å². The van der Waals surface area contributed by atoms with Crippen molar-refractivity contribution in [2.24, 2.45) is 4.99 Å². The molecule has 1 unspecified atom stereocenters. The molecule has 0 saturated carbocycles. The van der Waals surface area contributed by atoms with Crippen LogP contribution in [0, 0.1) is 6.92 Å². The van der Waals surface area contributed by atoms with Crippen LogP contribution in [0.3, 0.4) is 0 Å². The number of guanidine groups is 1. The highest BCUT2D eigenvalue weighted by molar-refractivity contribution is 7.10. The number of rotatable bonds is 6. The molecule has 0 spiro atoms. The Morgan fingerprint density at radius 3 is 2.95 bits per heavy atom. The smallest absolute Gasteiger partial charge is 0.191 e. The van der Waals surface area contributed by atoms with Gasteiger partial charge in [-0.1, -0.05) is 13.0 Å². The molecule has 2 aromatic heterocycles. The Hall–Kier alpha value is -1.82. The molecule has 0 aliphatic carbocycles. The van der Waals surface area contributed by atoms with Crippen LogP contribution in [0.1, 0.15) is 23.3 Å². The number of aromatic nitrogens is 2. The number of hydrogen-bond acceptors (Lipinski definition) is 3. The lowest BCUT2D eigenvalue weighted by Crippen LogP contribution is -2.40. The maximum absolute atomic E-state index is 4.26. The Morgan fingerprint density at radius 1 is 1.48 bits per heavy atom. The monoisotopic (exact) mass is 305 g/mol. The zero-order valence-corrected chi connectivity index (χ0v) is 13.7. The van der Waals surface area contributed by atoms with E-state index in [1.54, 1.807) is 18.4 Å². The lowest BCUT2D eigenvalue weighted by molar-refractivity contribution is 0.595. The van der Waals surface area contributed by atoms with Gasteiger partial charge in [0.15, 0.2) is 5.96 Å². The molecule has 6 heteroatoms. The number of hydrogen-bond donors (Lipinski definition) is 2. The van der Waals surface area contributed by atoms with E-state index < -0.39 is 0 Å². The van der Waals surface area contributed by atoms with Crippen LogP contribution in [0.2, 0.25) is 0 Å². The zero-order chi connectivity index (χ0) is 15.1. The summed E-state index contributed by atoms with van der Waals surface area (Å²) in [7, 11) is 1.79. The van der Waals surface area contributed by atoms with Gasteiger partial charge in [-0.05, 0) is 23.9 Å². The molecule has 0 fully saturated rings. The Kier molecular flexibility index (Phi) is 5.80. The van der Waals surface area contributed by atoms with E-state index in [2.05, 4.69) is 45.2 Å². The number of thiophene rings is 1. The van der Waals surface area contributed by atoms with Gasteiger partial charge in [0, 0.05) is 37.1 Å². The molecule has 0 saturated heterocycles. The summed E-state index contributed by atoms with van der Waals surface area (Å²) in [6.45, 7) is 6.77. The maximum atomic E-state index is 4.26. The van der Waals surface area contributed by atoms with Crippen LogP contribution in [0.5, 0.6) is 0 Å². The summed E-state index contributed by atoms with van der Waals surface area (Å²) < 4.78 is 1.93. The van der Waals surface area contributed by atoms with E-state index in [-0.39, 0.29) is 0 Å². The molecule has 0 amide bonds. The molecule has 5 nitrogen and oxygen atoms in total. The summed E-state index contributed by atoms with van der Waals surface area (Å²) in [5.74, 6) is 1.32. The lowest BCUT2D eigenvalue weighted by Gasteiger charge is -2.15. The Morgan fingerprint density at radius 2 is 2.33 bits per heavy atom. The number of nitrogens with one attached hydrogen (secondary N) is 2. The van der Waals surface area contributed by atoms with E-state index in [1.165, 1.54) is 10.4 Å². The van der Waals surface area contributed by atoms with Crippen molar-refractivity contribution in [2.75, 3.05) is 20.1 Å². The van der Waals surface area contributed by atoms with Gasteiger partial charge in [-0.2, -0.15) is 5.10 Å². The predicted octanol–water partition coefficient (Wildman–Crippen LogP) is 2.22. The van der Waals surface area contributed by atoms with Crippen molar-refractivity contribution >= 4 is 17.3 Å². The Balaban J connectivity index is 1.71. The molecule has 0 aliphatic heterocycles. The van der Waals surface area contributed by atoms with Gasteiger partial charge in [-0.25, -0.2) is 0 Å². The lowest BCUT2D eigenvalue weighted by atomic mass is 10.1. The third kappa shape index (κ3) is 4.90. The Labute approximate surface area is 130 Å². The third-order valence-corrected chi connectivity index (χ3v) is 4.33. The van der Waals surface area contributed by atoms with Gasteiger partial charge in [-0.15, -0.1) is 11.3 Å². The van der Waals surface area contributed by atoms with Gasteiger partial charge >= 0.3 is 0 Å². The minimum atomic E-state index is 0.484. The average Bonchev–Trinajstić information content (AvgIpc) is 3.14. The summed E-state index contributed by atoms with van der Waals surface area (Å²) in [5.41, 5.74) is 1.18. The molecule has 2 heterocycles. The van der Waals surface area contributed by atoms with Gasteiger partial charge in [0.05, 0.1) is 12.7 Å². The topological polar surface area (TPSA) is 54.2 Å². The third-order valence-electron chi connectivity index (χ3n) is 3.22. The molecule has 2 N–H and O–H groups in total. The zero-order valence-electron chi connectivity index (χ0n) is 12.8. The summed E-state index contributed by atoms with van der Waals surface area (Å²) in [6, 6.07) is 4.27. The highest BCUT2D eigenvalue weighted by atomic mass is 32.1. The van der Waals surface area contributed by atoms with Crippen LogP contribution in [0.25, 0.3) is 0 Å². The minimum absolute atomic E-state index is 0.484. The Bertz CT molecular complexity index is 558. The van der Waals surface area contributed by atoms with E-state index in [9.17, 15) is 0 Å². The normalized spacial score (nSPS) is 13.2. The molecule has 0 bridgehead atoms. The van der Waals surface area contributed by atoms with Gasteiger partial charge in [0.25, 0.3) is 0 Å². The van der Waals surface area contributed by atoms with Crippen LogP contribution in [0.15, 0.2) is 34.9 Å². The second kappa shape index (κ2) is 7.83. The molecule has 0 aromatic carbocycles. The summed E-state index contributed by atoms with van der Waals surface area (Å²) >= 11 is 1.80. The van der Waals surface area contributed by atoms with Crippen molar-refractivity contribution < 1.29 is 0 Å². The molecule has 0 aliphatic rings. The molecule has 21 heavy (non-hydrogen) atoms. The van der Waals surface area contributed by atoms with Gasteiger partial charge in [0.1, 0.15) is 0 Å². The molecule has 0 radical (unpaired) electrons. The first-order valence-corrected chi connectivity index (χ1v) is 8.04. The van der Waals surface area contributed by atoms with E-state index in [4.69, 9.17) is 0 Å². The van der Waals surface area contributed by atoms with Crippen LogP contribution in [-0.2, 0) is 6.54 Å². The van der Waals surface area contributed by atoms with E-state index >= 15 is 0 Å². The van der Waals surface area contributed by atoms with E-state index in [1.807, 2.05) is 24.0 Å². The summed E-state index contributed by atoms with van der Waals surface area (Å²) in [4.78, 5) is 5.64. The van der Waals surface area contributed by atoms with E-state index in [0.29, 0.717) is 5.92 Å². The average molecular weight is 305 g/mol. The minimum Gasteiger partial charge on any atom is -0.356 e. The molecule has 114 valence electrons. The number of aliphatic imine (C=N–C) groups is 1. The van der Waals surface area contributed by atoms with Crippen LogP contribution in [-0.4, -0.2) is 35.9 Å². The second-order valence-electron chi connectivity index (χ2n) is 5.08. The number of nitrogens with zero attached hydrogens (tertiary/aromatic N) is 3. The predicted molar refractivity (Wildman–Crippen MR) is 89.1 cm³/mol. The summed E-state index contributed by atoms with van der Waals surface area (Å²) in [5, 5.41) is 13.1. The highest BCUT2D eigenvalue weighted by Crippen LogP contribution is 2.19. The standard InChI is InChI=1S/C15H23N5S/c1-12-9-19-20(11-12)7-6-17-15(16-3)18-10-13(2)14-5-4-8-21-14/h4-5,8-9,11,13H,6-7,10H2,1-3H3,(H2,16,17,18). The first kappa shape index (κ1) is 15.6. The van der Waals surface area contributed by atoms with Crippen molar-refractivity contribution in [3.05, 3.63) is 40.3 Å². The highest BCUT2D eigenvalue weighted by Gasteiger charge is 2.07. The van der Waals surface area contributed by atoms with Gasteiger partial charge in [0.2, 0.25) is 0 Å². The molecule has 1 atom stereocenters. The van der Waals surface area contributed by atoms with E-state index in [0.717, 1.165) is 25.6 Å². The SMILES string of the molecule is CN=C(NCCn1cc(C)cn1)NCC(C)c1cccs1.